The van der Waals surface area contributed by atoms with Gasteiger partial charge in [0.25, 0.3) is 5.91 Å². The number of anilines is 1. The Bertz CT molecular complexity index is 1090. The van der Waals surface area contributed by atoms with Crippen molar-refractivity contribution in [2.75, 3.05) is 5.32 Å². The van der Waals surface area contributed by atoms with Crippen molar-refractivity contribution in [3.05, 3.63) is 72.2 Å². The molecule has 0 fully saturated rings. The molecule has 0 saturated carbocycles. The van der Waals surface area contributed by atoms with Gasteiger partial charge >= 0.3 is 0 Å². The van der Waals surface area contributed by atoms with Crippen LogP contribution >= 0.6 is 11.8 Å². The second-order valence-electron chi connectivity index (χ2n) is 6.47. The molecule has 0 aliphatic carbocycles. The molecular formula is C21H21N5OS. The standard InChI is InChI=1S/C21H21N5OS/c1-2-10-26-11-9-15-12-17(7-8-19(15)26)24-20(27)18-6-4-3-5-16(18)13-28-21-22-14-23-25-21/h3-9,11-12,14H,2,10,13H2,1H3,(H,24,27)(H,22,23,25). The molecule has 28 heavy (non-hydrogen) atoms. The average molecular weight is 392 g/mol. The molecule has 1 amide bonds. The molecule has 7 heteroatoms. The van der Waals surface area contributed by atoms with Crippen molar-refractivity contribution >= 4 is 34.3 Å². The summed E-state index contributed by atoms with van der Waals surface area (Å²) in [6.45, 7) is 3.16. The van der Waals surface area contributed by atoms with Crippen LogP contribution < -0.4 is 5.32 Å². The number of H-pyrrole nitrogens is 1. The van der Waals surface area contributed by atoms with Gasteiger partial charge in [-0.1, -0.05) is 36.9 Å². The lowest BCUT2D eigenvalue weighted by Crippen LogP contribution is -2.14. The van der Waals surface area contributed by atoms with Crippen molar-refractivity contribution in [1.29, 1.82) is 0 Å². The molecule has 2 N–H and O–H groups in total. The highest BCUT2D eigenvalue weighted by Gasteiger charge is 2.13. The Morgan fingerprint density at radius 1 is 1.21 bits per heavy atom. The number of amides is 1. The van der Waals surface area contributed by atoms with E-state index in [1.807, 2.05) is 36.4 Å². The predicted molar refractivity (Wildman–Crippen MR) is 113 cm³/mol. The number of nitrogens with zero attached hydrogens (tertiary/aromatic N) is 3. The number of carbonyl (C=O) groups excluding carboxylic acids is 1. The quantitative estimate of drug-likeness (QED) is 0.447. The number of benzene rings is 2. The second-order valence-corrected chi connectivity index (χ2v) is 7.44. The topological polar surface area (TPSA) is 75.6 Å². The Labute approximate surface area is 167 Å². The first-order valence-electron chi connectivity index (χ1n) is 9.21. The zero-order chi connectivity index (χ0) is 19.3. The van der Waals surface area contributed by atoms with Gasteiger partial charge in [0.15, 0.2) is 5.16 Å². The molecular weight excluding hydrogens is 370 g/mol. The van der Waals surface area contributed by atoms with E-state index in [-0.39, 0.29) is 5.91 Å². The summed E-state index contributed by atoms with van der Waals surface area (Å²) < 4.78 is 2.23. The first-order chi connectivity index (χ1) is 13.7. The highest BCUT2D eigenvalue weighted by Crippen LogP contribution is 2.24. The first kappa shape index (κ1) is 18.3. The summed E-state index contributed by atoms with van der Waals surface area (Å²) in [4.78, 5) is 17.0. The van der Waals surface area contributed by atoms with E-state index in [2.05, 4.69) is 50.3 Å². The molecule has 142 valence electrons. The lowest BCUT2D eigenvalue weighted by atomic mass is 10.1. The summed E-state index contributed by atoms with van der Waals surface area (Å²) in [5, 5.41) is 11.6. The van der Waals surface area contributed by atoms with E-state index < -0.39 is 0 Å². The Kier molecular flexibility index (Phi) is 5.43. The Morgan fingerprint density at radius 2 is 2.11 bits per heavy atom. The summed E-state index contributed by atoms with van der Waals surface area (Å²) in [5.74, 6) is 0.527. The molecule has 0 radical (unpaired) electrons. The molecule has 4 aromatic rings. The molecule has 2 heterocycles. The molecule has 0 spiro atoms. The third-order valence-corrected chi connectivity index (χ3v) is 5.44. The van der Waals surface area contributed by atoms with Crippen LogP contribution in [-0.4, -0.2) is 25.7 Å². The second kappa shape index (κ2) is 8.31. The van der Waals surface area contributed by atoms with Crippen LogP contribution in [0.15, 0.2) is 66.2 Å². The molecule has 4 rings (SSSR count). The van der Waals surface area contributed by atoms with Crippen LogP contribution in [0.25, 0.3) is 10.9 Å². The smallest absolute Gasteiger partial charge is 0.255 e. The van der Waals surface area contributed by atoms with Crippen LogP contribution in [0.4, 0.5) is 5.69 Å². The zero-order valence-electron chi connectivity index (χ0n) is 15.6. The highest BCUT2D eigenvalue weighted by molar-refractivity contribution is 7.98. The van der Waals surface area contributed by atoms with Gasteiger partial charge < -0.3 is 9.88 Å². The van der Waals surface area contributed by atoms with E-state index in [0.717, 1.165) is 34.8 Å². The fourth-order valence-corrected chi connectivity index (χ4v) is 3.97. The molecule has 6 nitrogen and oxygen atoms in total. The van der Waals surface area contributed by atoms with Gasteiger partial charge in [0, 0.05) is 40.6 Å². The van der Waals surface area contributed by atoms with E-state index in [1.165, 1.54) is 23.6 Å². The summed E-state index contributed by atoms with van der Waals surface area (Å²) >= 11 is 1.52. The van der Waals surface area contributed by atoms with Crippen molar-refractivity contribution in [3.8, 4) is 0 Å². The van der Waals surface area contributed by atoms with Crippen molar-refractivity contribution in [2.45, 2.75) is 30.8 Å². The summed E-state index contributed by atoms with van der Waals surface area (Å²) in [5.41, 5.74) is 3.60. The van der Waals surface area contributed by atoms with Crippen LogP contribution in [0.2, 0.25) is 0 Å². The van der Waals surface area contributed by atoms with Gasteiger partial charge in [-0.2, -0.15) is 5.10 Å². The van der Waals surface area contributed by atoms with Crippen molar-refractivity contribution in [3.63, 3.8) is 0 Å². The van der Waals surface area contributed by atoms with E-state index in [4.69, 9.17) is 0 Å². The highest BCUT2D eigenvalue weighted by atomic mass is 32.2. The summed E-state index contributed by atoms with van der Waals surface area (Å²) in [6, 6.07) is 15.8. The number of nitrogens with one attached hydrogen (secondary N) is 2. The Morgan fingerprint density at radius 3 is 2.93 bits per heavy atom. The Hall–Kier alpha value is -3.06. The van der Waals surface area contributed by atoms with E-state index in [9.17, 15) is 4.79 Å². The third kappa shape index (κ3) is 3.94. The van der Waals surface area contributed by atoms with Gasteiger partial charge in [-0.25, -0.2) is 4.98 Å². The van der Waals surface area contributed by atoms with Crippen LogP contribution in [0.1, 0.15) is 29.3 Å². The fraction of sp³-hybridized carbons (Fsp3) is 0.190. The molecule has 2 aromatic carbocycles. The normalized spacial score (nSPS) is 11.0. The van der Waals surface area contributed by atoms with Gasteiger partial charge in [-0.3, -0.25) is 9.89 Å². The summed E-state index contributed by atoms with van der Waals surface area (Å²) in [6.07, 6.45) is 4.66. The van der Waals surface area contributed by atoms with Gasteiger partial charge in [0.2, 0.25) is 0 Å². The maximum absolute atomic E-state index is 12.9. The predicted octanol–water partition coefficient (Wildman–Crippen LogP) is 4.71. The minimum atomic E-state index is -0.110. The number of aromatic nitrogens is 4. The maximum atomic E-state index is 12.9. The number of aromatic amines is 1. The molecule has 0 saturated heterocycles. The maximum Gasteiger partial charge on any atom is 0.255 e. The number of aryl methyl sites for hydroxylation is 1. The Balaban J connectivity index is 1.51. The van der Waals surface area contributed by atoms with Crippen LogP contribution in [0.3, 0.4) is 0 Å². The molecule has 0 atom stereocenters. The van der Waals surface area contributed by atoms with Crippen LogP contribution in [0.5, 0.6) is 0 Å². The minimum absolute atomic E-state index is 0.110. The van der Waals surface area contributed by atoms with Gasteiger partial charge in [-0.15, -0.1) is 0 Å². The number of fused-ring (bicyclic) bond motifs is 1. The van der Waals surface area contributed by atoms with Gasteiger partial charge in [0.1, 0.15) is 6.33 Å². The SMILES string of the molecule is CCCn1ccc2cc(NC(=O)c3ccccc3CSc3ncn[nH]3)ccc21. The third-order valence-electron chi connectivity index (χ3n) is 4.51. The van der Waals surface area contributed by atoms with Crippen molar-refractivity contribution < 1.29 is 4.79 Å². The number of hydrogen-bond donors (Lipinski definition) is 2. The lowest BCUT2D eigenvalue weighted by Gasteiger charge is -2.10. The van der Waals surface area contributed by atoms with Crippen molar-refractivity contribution in [1.82, 2.24) is 19.7 Å². The van der Waals surface area contributed by atoms with E-state index >= 15 is 0 Å². The monoisotopic (exact) mass is 391 g/mol. The minimum Gasteiger partial charge on any atom is -0.347 e. The number of carbonyl (C=O) groups is 1. The molecule has 0 aliphatic heterocycles. The average Bonchev–Trinajstić information content (AvgIpc) is 3.37. The number of hydrogen-bond acceptors (Lipinski definition) is 4. The molecule has 2 aromatic heterocycles. The van der Waals surface area contributed by atoms with Gasteiger partial charge in [0.05, 0.1) is 0 Å². The van der Waals surface area contributed by atoms with Crippen molar-refractivity contribution in [2.24, 2.45) is 0 Å². The van der Waals surface area contributed by atoms with Crippen LogP contribution in [0, 0.1) is 0 Å². The fourth-order valence-electron chi connectivity index (χ4n) is 3.19. The first-order valence-corrected chi connectivity index (χ1v) is 10.2. The largest absolute Gasteiger partial charge is 0.347 e. The molecule has 0 bridgehead atoms. The molecule has 0 aliphatic rings. The van der Waals surface area contributed by atoms with Crippen LogP contribution in [-0.2, 0) is 12.3 Å². The van der Waals surface area contributed by atoms with E-state index in [1.54, 1.807) is 0 Å². The lowest BCUT2D eigenvalue weighted by molar-refractivity contribution is 0.102. The number of rotatable bonds is 7. The summed E-state index contributed by atoms with van der Waals surface area (Å²) in [7, 11) is 0. The zero-order valence-corrected chi connectivity index (χ0v) is 16.4. The van der Waals surface area contributed by atoms with E-state index in [0.29, 0.717) is 11.3 Å². The van der Waals surface area contributed by atoms with Gasteiger partial charge in [-0.05, 0) is 42.3 Å². The molecule has 0 unspecified atom stereocenters. The number of thioether (sulfide) groups is 1.